The van der Waals surface area contributed by atoms with Gasteiger partial charge in [-0.2, -0.15) is 0 Å². The van der Waals surface area contributed by atoms with E-state index >= 15 is 0 Å². The van der Waals surface area contributed by atoms with Gasteiger partial charge in [0.25, 0.3) is 0 Å². The minimum absolute atomic E-state index is 0.605. The van der Waals surface area contributed by atoms with Gasteiger partial charge in [-0.15, -0.1) is 0 Å². The molecule has 0 aromatic rings. The van der Waals surface area contributed by atoms with E-state index in [1.165, 1.54) is 130 Å². The maximum absolute atomic E-state index is 2.67. The molecule has 4 aliphatic heterocycles. The fraction of sp³-hybridized carbons (Fsp3) is 1.00. The van der Waals surface area contributed by atoms with E-state index in [-0.39, 0.29) is 0 Å². The molecule has 4 heteroatoms. The fourth-order valence-electron chi connectivity index (χ4n) is 12.2. The lowest BCUT2D eigenvalue weighted by Gasteiger charge is -2.42. The van der Waals surface area contributed by atoms with Crippen LogP contribution in [0.5, 0.6) is 0 Å². The molecule has 6 fully saturated rings. The zero-order valence-electron chi connectivity index (χ0n) is 47.2. The molecule has 0 amide bonds. The molecule has 0 spiro atoms. The minimum Gasteiger partial charge on any atom is -0.303 e. The van der Waals surface area contributed by atoms with E-state index < -0.39 is 0 Å². The van der Waals surface area contributed by atoms with Gasteiger partial charge in [0.05, 0.1) is 0 Å². The van der Waals surface area contributed by atoms with E-state index in [9.17, 15) is 0 Å². The normalized spacial score (nSPS) is 28.0. The van der Waals surface area contributed by atoms with Gasteiger partial charge in [0, 0.05) is 58.9 Å². The third-order valence-electron chi connectivity index (χ3n) is 16.8. The molecule has 0 aromatic carbocycles. The SMILES string of the molecule is CC(C)CC1CCC(C(C)C)CC1.CC(C)CN1CC(C(C)C)C1.CC(C)CN1CC2C(C1)C2C(C)C.CC(C)CN1CCC(C(C)C)C1.CC(C)CN1CCC(C)(C(C)C)CC1. The lowest BCUT2D eigenvalue weighted by atomic mass is 9.72. The molecule has 0 N–H and O–H groups in total. The monoisotopic (exact) mass is 885 g/mol. The summed E-state index contributed by atoms with van der Waals surface area (Å²) in [5, 5.41) is 0. The molecule has 4 heterocycles. The second-order valence-electron chi connectivity index (χ2n) is 27.0. The van der Waals surface area contributed by atoms with Crippen LogP contribution >= 0.6 is 0 Å². The second-order valence-corrected chi connectivity index (χ2v) is 27.0. The van der Waals surface area contributed by atoms with Crippen LogP contribution in [0, 0.1) is 106 Å². The maximum atomic E-state index is 2.67. The van der Waals surface area contributed by atoms with Crippen molar-refractivity contribution in [3.8, 4) is 0 Å². The van der Waals surface area contributed by atoms with Crippen LogP contribution in [0.25, 0.3) is 0 Å². The second kappa shape index (κ2) is 29.0. The zero-order valence-corrected chi connectivity index (χ0v) is 47.2. The summed E-state index contributed by atoms with van der Waals surface area (Å²) in [6.07, 6.45) is 11.6. The van der Waals surface area contributed by atoms with Crippen molar-refractivity contribution in [2.75, 3.05) is 78.5 Å². The molecule has 2 aliphatic carbocycles. The molecule has 4 saturated heterocycles. The molecular formula is C59H120N4. The first kappa shape index (κ1) is 59.0. The summed E-state index contributed by atoms with van der Waals surface area (Å²) < 4.78 is 0. The van der Waals surface area contributed by atoms with Crippen molar-refractivity contribution < 1.29 is 0 Å². The molecule has 6 aliphatic rings. The third-order valence-corrected chi connectivity index (χ3v) is 16.8. The number of fused-ring (bicyclic) bond motifs is 1. The highest BCUT2D eigenvalue weighted by atomic mass is 15.2. The molecule has 3 atom stereocenters. The number of hydrogen-bond acceptors (Lipinski definition) is 4. The first-order valence-electron chi connectivity index (χ1n) is 28.2. The predicted octanol–water partition coefficient (Wildman–Crippen LogP) is 15.2. The van der Waals surface area contributed by atoms with Gasteiger partial charge in [0.2, 0.25) is 0 Å². The van der Waals surface area contributed by atoms with Crippen molar-refractivity contribution in [1.82, 2.24) is 19.6 Å². The van der Waals surface area contributed by atoms with Crippen molar-refractivity contribution in [2.45, 2.75) is 197 Å². The van der Waals surface area contributed by atoms with Crippen LogP contribution in [0.15, 0.2) is 0 Å². The molecule has 6 rings (SSSR count). The van der Waals surface area contributed by atoms with Crippen LogP contribution in [0.1, 0.15) is 197 Å². The Labute approximate surface area is 399 Å². The van der Waals surface area contributed by atoms with Crippen LogP contribution < -0.4 is 0 Å². The standard InChI is InChI=1S/C13H27N.C13H26.C12H23N.C11H23N.C10H21N/c1-11(2)10-14-8-6-13(5,7-9-14)12(3)4;1-10(2)9-12-5-7-13(8-6-12)11(3)4;1-8(2)5-13-6-10-11(7-13)12(10)9(3)4;1-9(2)7-12-6-5-11(8-12)10(3)4;1-8(2)5-11-6-10(7-11)9(3)4/h11-12H,6-10H2,1-5H3;10-13H,5-9H2,1-4H3;8-12H,5-7H2,1-4H3;9-11H,5-8H2,1-4H3;8-10H,5-7H2,1-4H3. The lowest BCUT2D eigenvalue weighted by Crippen LogP contribution is -2.50. The Morgan fingerprint density at radius 1 is 0.381 bits per heavy atom. The molecule has 376 valence electrons. The van der Waals surface area contributed by atoms with Gasteiger partial charge in [-0.05, 0) is 164 Å². The van der Waals surface area contributed by atoms with Gasteiger partial charge in [-0.1, -0.05) is 158 Å². The van der Waals surface area contributed by atoms with Gasteiger partial charge in [-0.25, -0.2) is 0 Å². The Hall–Kier alpha value is -0.160. The van der Waals surface area contributed by atoms with Crippen molar-refractivity contribution >= 4 is 0 Å². The highest BCUT2D eigenvalue weighted by Gasteiger charge is 2.56. The Kier molecular flexibility index (Phi) is 27.1. The van der Waals surface area contributed by atoms with E-state index in [0.717, 1.165) is 101 Å². The maximum Gasteiger partial charge on any atom is 0.00246 e. The third kappa shape index (κ3) is 22.7. The van der Waals surface area contributed by atoms with Gasteiger partial charge in [0.15, 0.2) is 0 Å². The molecule has 0 radical (unpaired) electrons. The lowest BCUT2D eigenvalue weighted by molar-refractivity contribution is 0.0579. The molecule has 2 saturated carbocycles. The summed E-state index contributed by atoms with van der Waals surface area (Å²) in [5.41, 5.74) is 0.605. The van der Waals surface area contributed by atoms with E-state index in [4.69, 9.17) is 0 Å². The van der Waals surface area contributed by atoms with Crippen LogP contribution in [0.2, 0.25) is 0 Å². The summed E-state index contributed by atoms with van der Waals surface area (Å²) in [6.45, 7) is 65.3. The number of hydrogen-bond donors (Lipinski definition) is 0. The summed E-state index contributed by atoms with van der Waals surface area (Å²) in [7, 11) is 0. The van der Waals surface area contributed by atoms with Gasteiger partial charge in [0.1, 0.15) is 0 Å². The van der Waals surface area contributed by atoms with Gasteiger partial charge >= 0.3 is 0 Å². The summed E-state index contributed by atoms with van der Waals surface area (Å²) in [6, 6.07) is 0. The van der Waals surface area contributed by atoms with Gasteiger partial charge in [-0.3, -0.25) is 0 Å². The fourth-order valence-corrected chi connectivity index (χ4v) is 12.2. The molecule has 0 aromatic heterocycles. The number of rotatable bonds is 15. The highest BCUT2D eigenvalue weighted by molar-refractivity contribution is 5.06. The van der Waals surface area contributed by atoms with Crippen molar-refractivity contribution in [1.29, 1.82) is 0 Å². The number of likely N-dealkylation sites (tertiary alicyclic amines) is 4. The van der Waals surface area contributed by atoms with Gasteiger partial charge < -0.3 is 19.6 Å². The van der Waals surface area contributed by atoms with Crippen molar-refractivity contribution in [3.05, 3.63) is 0 Å². The average Bonchev–Trinajstić information content (AvgIpc) is 3.41. The van der Waals surface area contributed by atoms with Crippen LogP contribution in [-0.4, -0.2) is 98.1 Å². The molecule has 0 bridgehead atoms. The van der Waals surface area contributed by atoms with Crippen LogP contribution in [0.3, 0.4) is 0 Å². The first-order chi connectivity index (χ1) is 29.3. The number of piperidine rings is 2. The van der Waals surface area contributed by atoms with E-state index in [0.29, 0.717) is 5.41 Å². The van der Waals surface area contributed by atoms with E-state index in [1.807, 2.05) is 0 Å². The van der Waals surface area contributed by atoms with Crippen molar-refractivity contribution in [3.63, 3.8) is 0 Å². The zero-order chi connectivity index (χ0) is 47.8. The largest absolute Gasteiger partial charge is 0.303 e. The molecule has 3 unspecified atom stereocenters. The van der Waals surface area contributed by atoms with Crippen molar-refractivity contribution in [2.24, 2.45) is 106 Å². The highest BCUT2D eigenvalue weighted by Crippen LogP contribution is 2.55. The smallest absolute Gasteiger partial charge is 0.00246 e. The Morgan fingerprint density at radius 3 is 1.14 bits per heavy atom. The molecular weight excluding hydrogens is 765 g/mol. The summed E-state index contributed by atoms with van der Waals surface area (Å²) in [4.78, 5) is 10.5. The first-order valence-corrected chi connectivity index (χ1v) is 28.2. The summed E-state index contributed by atoms with van der Waals surface area (Å²) >= 11 is 0. The quantitative estimate of drug-likeness (QED) is 0.162. The molecule has 63 heavy (non-hydrogen) atoms. The van der Waals surface area contributed by atoms with Crippen LogP contribution in [0.4, 0.5) is 0 Å². The minimum atomic E-state index is 0.605. The Morgan fingerprint density at radius 2 is 0.778 bits per heavy atom. The molecule has 4 nitrogen and oxygen atoms in total. The predicted molar refractivity (Wildman–Crippen MR) is 284 cm³/mol. The van der Waals surface area contributed by atoms with E-state index in [2.05, 4.69) is 165 Å². The average molecular weight is 886 g/mol. The topological polar surface area (TPSA) is 13.0 Å². The number of nitrogens with zero attached hydrogens (tertiary/aromatic N) is 4. The van der Waals surface area contributed by atoms with Crippen LogP contribution in [-0.2, 0) is 0 Å². The Balaban J connectivity index is 0.000000271. The van der Waals surface area contributed by atoms with E-state index in [1.54, 1.807) is 0 Å². The Bertz CT molecular complexity index is 1100. The summed E-state index contributed by atoms with van der Waals surface area (Å²) in [5.74, 6) is 15.9.